The van der Waals surface area contributed by atoms with Crippen LogP contribution in [0.25, 0.3) is 0 Å². The number of hydrogen-bond acceptors (Lipinski definition) is 3. The van der Waals surface area contributed by atoms with Gasteiger partial charge in [-0.2, -0.15) is 0 Å². The molecule has 0 spiro atoms. The third-order valence-electron chi connectivity index (χ3n) is 1.90. The second kappa shape index (κ2) is 7.31. The lowest BCUT2D eigenvalue weighted by Crippen LogP contribution is -2.07. The highest BCUT2D eigenvalue weighted by Gasteiger charge is 1.88. The van der Waals surface area contributed by atoms with Crippen molar-refractivity contribution in [1.29, 1.82) is 0 Å². The molecule has 0 heterocycles. The summed E-state index contributed by atoms with van der Waals surface area (Å²) >= 11 is 0. The number of rotatable bonds is 3. The lowest BCUT2D eigenvalue weighted by molar-refractivity contribution is 1.41. The number of benzene rings is 2. The number of anilines is 2. The predicted octanol–water partition coefficient (Wildman–Crippen LogP) is 2.70. The minimum atomic E-state index is 1.05. The fraction of sp³-hybridized carbons (Fsp3) is 0.0769. The van der Waals surface area contributed by atoms with E-state index in [1.807, 2.05) is 60.7 Å². The van der Waals surface area contributed by atoms with Crippen molar-refractivity contribution in [2.75, 3.05) is 17.9 Å². The molecule has 0 bridgehead atoms. The van der Waals surface area contributed by atoms with Crippen LogP contribution in [-0.2, 0) is 0 Å². The molecular formula is C13H17N3. The van der Waals surface area contributed by atoms with Crippen LogP contribution < -0.4 is 16.6 Å². The number of nitrogens with two attached hydrogens (primary N) is 1. The van der Waals surface area contributed by atoms with Gasteiger partial charge in [0.15, 0.2) is 0 Å². The standard InChI is InChI=1S/C12H12N2.CH5N/c1-3-7-11(8-4-1)13-14-12-9-5-2-6-10-12;1-2/h1-10,13-14H;2H2,1H3. The van der Waals surface area contributed by atoms with Gasteiger partial charge in [-0.05, 0) is 31.3 Å². The Kier molecular flexibility index (Phi) is 5.52. The van der Waals surface area contributed by atoms with Crippen LogP contribution in [0.3, 0.4) is 0 Å². The van der Waals surface area contributed by atoms with Gasteiger partial charge in [-0.1, -0.05) is 36.4 Å². The van der Waals surface area contributed by atoms with E-state index in [2.05, 4.69) is 16.6 Å². The minimum absolute atomic E-state index is 1.05. The Labute approximate surface area is 96.3 Å². The molecule has 2 rings (SSSR count). The van der Waals surface area contributed by atoms with Crippen LogP contribution in [0.5, 0.6) is 0 Å². The Bertz CT molecular complexity index is 333. The Balaban J connectivity index is 0.000000606. The zero-order valence-corrected chi connectivity index (χ0v) is 9.35. The van der Waals surface area contributed by atoms with Crippen LogP contribution in [0.1, 0.15) is 0 Å². The molecule has 3 heteroatoms. The lowest BCUT2D eigenvalue weighted by atomic mass is 10.3. The maximum absolute atomic E-state index is 4.50. The van der Waals surface area contributed by atoms with Crippen LogP contribution in [0.15, 0.2) is 60.7 Å². The first-order chi connectivity index (χ1) is 7.95. The van der Waals surface area contributed by atoms with E-state index in [0.29, 0.717) is 0 Å². The third-order valence-corrected chi connectivity index (χ3v) is 1.90. The zero-order chi connectivity index (χ0) is 11.6. The number of nitrogens with one attached hydrogen (secondary N) is 2. The molecule has 3 nitrogen and oxygen atoms in total. The van der Waals surface area contributed by atoms with E-state index in [9.17, 15) is 0 Å². The topological polar surface area (TPSA) is 50.1 Å². The van der Waals surface area contributed by atoms with E-state index >= 15 is 0 Å². The van der Waals surface area contributed by atoms with E-state index in [-0.39, 0.29) is 0 Å². The van der Waals surface area contributed by atoms with Gasteiger partial charge in [0, 0.05) is 0 Å². The Morgan fingerprint density at radius 3 is 1.25 bits per heavy atom. The number of hydrogen-bond donors (Lipinski definition) is 3. The van der Waals surface area contributed by atoms with Crippen LogP contribution in [-0.4, -0.2) is 7.05 Å². The van der Waals surface area contributed by atoms with E-state index < -0.39 is 0 Å². The zero-order valence-electron chi connectivity index (χ0n) is 9.35. The summed E-state index contributed by atoms with van der Waals surface area (Å²) in [5.74, 6) is 0. The Morgan fingerprint density at radius 2 is 0.938 bits per heavy atom. The summed E-state index contributed by atoms with van der Waals surface area (Å²) in [7, 11) is 1.50. The van der Waals surface area contributed by atoms with Crippen molar-refractivity contribution >= 4 is 11.4 Å². The molecule has 4 N–H and O–H groups in total. The quantitative estimate of drug-likeness (QED) is 0.690. The highest BCUT2D eigenvalue weighted by Crippen LogP contribution is 2.08. The molecule has 2 aromatic carbocycles. The van der Waals surface area contributed by atoms with Crippen molar-refractivity contribution in [2.45, 2.75) is 0 Å². The maximum Gasteiger partial charge on any atom is 0.0539 e. The molecule has 84 valence electrons. The third kappa shape index (κ3) is 4.02. The van der Waals surface area contributed by atoms with Gasteiger partial charge in [0.2, 0.25) is 0 Å². The molecule has 0 unspecified atom stereocenters. The van der Waals surface area contributed by atoms with Crippen LogP contribution >= 0.6 is 0 Å². The van der Waals surface area contributed by atoms with Crippen molar-refractivity contribution < 1.29 is 0 Å². The molecule has 0 aliphatic heterocycles. The molecule has 0 aliphatic carbocycles. The average molecular weight is 215 g/mol. The molecule has 0 aromatic heterocycles. The van der Waals surface area contributed by atoms with Crippen LogP contribution in [0.2, 0.25) is 0 Å². The van der Waals surface area contributed by atoms with E-state index in [1.165, 1.54) is 7.05 Å². The van der Waals surface area contributed by atoms with Gasteiger partial charge in [0.25, 0.3) is 0 Å². The smallest absolute Gasteiger partial charge is 0.0539 e. The largest absolute Gasteiger partial charge is 0.333 e. The highest BCUT2D eigenvalue weighted by atomic mass is 15.4. The van der Waals surface area contributed by atoms with Crippen LogP contribution in [0.4, 0.5) is 11.4 Å². The van der Waals surface area contributed by atoms with Gasteiger partial charge in [-0.3, -0.25) is 0 Å². The second-order valence-corrected chi connectivity index (χ2v) is 2.98. The Morgan fingerprint density at radius 1 is 0.625 bits per heavy atom. The van der Waals surface area contributed by atoms with Gasteiger partial charge < -0.3 is 16.6 Å². The van der Waals surface area contributed by atoms with E-state index in [0.717, 1.165) is 11.4 Å². The summed E-state index contributed by atoms with van der Waals surface area (Å²) in [6.07, 6.45) is 0. The summed E-state index contributed by atoms with van der Waals surface area (Å²) in [6.45, 7) is 0. The molecule has 0 fully saturated rings. The molecule has 2 aromatic rings. The highest BCUT2D eigenvalue weighted by molar-refractivity contribution is 5.51. The summed E-state index contributed by atoms with van der Waals surface area (Å²) < 4.78 is 0. The molecule has 0 amide bonds. The molecule has 0 saturated carbocycles. The summed E-state index contributed by atoms with van der Waals surface area (Å²) in [5, 5.41) is 0. The molecule has 16 heavy (non-hydrogen) atoms. The number of para-hydroxylation sites is 2. The molecular weight excluding hydrogens is 198 g/mol. The van der Waals surface area contributed by atoms with Gasteiger partial charge in [0.1, 0.15) is 0 Å². The average Bonchev–Trinajstić information content (AvgIpc) is 2.41. The lowest BCUT2D eigenvalue weighted by Gasteiger charge is -2.08. The normalized spacial score (nSPS) is 8.62. The first-order valence-corrected chi connectivity index (χ1v) is 5.15. The predicted molar refractivity (Wildman–Crippen MR) is 70.2 cm³/mol. The fourth-order valence-corrected chi connectivity index (χ4v) is 1.19. The monoisotopic (exact) mass is 215 g/mol. The van der Waals surface area contributed by atoms with Crippen LogP contribution in [0, 0.1) is 0 Å². The first kappa shape index (κ1) is 12.1. The van der Waals surface area contributed by atoms with Gasteiger partial charge in [-0.15, -0.1) is 0 Å². The SMILES string of the molecule is CN.c1ccc(NNc2ccccc2)cc1. The van der Waals surface area contributed by atoms with E-state index in [1.54, 1.807) is 0 Å². The molecule has 0 atom stereocenters. The Hall–Kier alpha value is -2.00. The summed E-state index contributed by atoms with van der Waals surface area (Å²) in [5.41, 5.74) is 12.8. The van der Waals surface area contributed by atoms with Crippen molar-refractivity contribution in [2.24, 2.45) is 5.73 Å². The van der Waals surface area contributed by atoms with Gasteiger partial charge in [0.05, 0.1) is 11.4 Å². The first-order valence-electron chi connectivity index (χ1n) is 5.15. The van der Waals surface area contributed by atoms with E-state index in [4.69, 9.17) is 0 Å². The fourth-order valence-electron chi connectivity index (χ4n) is 1.19. The molecule has 0 radical (unpaired) electrons. The second-order valence-electron chi connectivity index (χ2n) is 2.98. The van der Waals surface area contributed by atoms with Gasteiger partial charge >= 0.3 is 0 Å². The van der Waals surface area contributed by atoms with Gasteiger partial charge in [-0.25, -0.2) is 0 Å². The van der Waals surface area contributed by atoms with Crippen molar-refractivity contribution in [3.8, 4) is 0 Å². The van der Waals surface area contributed by atoms with Crippen molar-refractivity contribution in [3.05, 3.63) is 60.7 Å². The van der Waals surface area contributed by atoms with Crippen molar-refractivity contribution in [3.63, 3.8) is 0 Å². The van der Waals surface area contributed by atoms with Crippen molar-refractivity contribution in [1.82, 2.24) is 0 Å². The molecule has 0 saturated heterocycles. The number of hydrazine groups is 1. The minimum Gasteiger partial charge on any atom is -0.333 e. The molecule has 0 aliphatic rings. The maximum atomic E-state index is 4.50. The summed E-state index contributed by atoms with van der Waals surface area (Å²) in [4.78, 5) is 0. The summed E-state index contributed by atoms with van der Waals surface area (Å²) in [6, 6.07) is 20.0.